The lowest BCUT2D eigenvalue weighted by Gasteiger charge is -2.18. The molecule has 2 amide bonds. The zero-order chi connectivity index (χ0) is 29.1. The van der Waals surface area contributed by atoms with Crippen LogP contribution in [-0.4, -0.2) is 35.5 Å². The lowest BCUT2D eigenvalue weighted by Crippen LogP contribution is -2.49. The molecule has 0 fully saturated rings. The summed E-state index contributed by atoms with van der Waals surface area (Å²) in [5.41, 5.74) is 2.91. The predicted octanol–water partition coefficient (Wildman–Crippen LogP) is 4.12. The van der Waals surface area contributed by atoms with E-state index >= 15 is 0 Å². The van der Waals surface area contributed by atoms with Gasteiger partial charge in [-0.3, -0.25) is 14.4 Å². The van der Waals surface area contributed by atoms with Crippen LogP contribution in [-0.2, 0) is 27.2 Å². The fourth-order valence-electron chi connectivity index (χ4n) is 4.72. The van der Waals surface area contributed by atoms with Gasteiger partial charge in [0.15, 0.2) is 0 Å². The van der Waals surface area contributed by atoms with Crippen LogP contribution < -0.4 is 16.3 Å². The van der Waals surface area contributed by atoms with E-state index in [4.69, 9.17) is 13.9 Å². The standard InChI is InChI=1S/C31H25FN2O7/c1-17-21-12-23-24(19-7-9-20(32)10-8-19)16-40-26(23)14-27(21)41-31(39)22(17)13-28(35)34-25(30(38)33-15-29(36)37)11-18-5-3-2-4-6-18/h2-10,12,14,16,25H,11,13,15H2,1H3,(H,33,38)(H,34,35)(H,36,37). The van der Waals surface area contributed by atoms with Gasteiger partial charge in [-0.25, -0.2) is 9.18 Å². The number of rotatable bonds is 9. The van der Waals surface area contributed by atoms with Crippen LogP contribution in [0.5, 0.6) is 0 Å². The van der Waals surface area contributed by atoms with E-state index in [0.717, 1.165) is 22.1 Å². The number of carbonyl (C=O) groups excluding carboxylic acids is 2. The first kappa shape index (κ1) is 27.3. The number of nitrogens with one attached hydrogen (secondary N) is 2. The maximum Gasteiger partial charge on any atom is 0.340 e. The molecule has 0 aliphatic carbocycles. The first-order valence-electron chi connectivity index (χ1n) is 12.8. The molecule has 2 aromatic heterocycles. The smallest absolute Gasteiger partial charge is 0.340 e. The van der Waals surface area contributed by atoms with E-state index in [2.05, 4.69) is 10.6 Å². The number of halogens is 1. The summed E-state index contributed by atoms with van der Waals surface area (Å²) in [6.07, 6.45) is 1.30. The highest BCUT2D eigenvalue weighted by molar-refractivity contribution is 6.02. The Morgan fingerprint density at radius 3 is 2.41 bits per heavy atom. The number of benzene rings is 3. The van der Waals surface area contributed by atoms with Crippen molar-refractivity contribution in [2.24, 2.45) is 0 Å². The van der Waals surface area contributed by atoms with Gasteiger partial charge in [0.1, 0.15) is 29.6 Å². The number of furan rings is 1. The zero-order valence-electron chi connectivity index (χ0n) is 21.9. The molecule has 10 heteroatoms. The van der Waals surface area contributed by atoms with E-state index in [-0.39, 0.29) is 29.8 Å². The number of carbonyl (C=O) groups is 3. The average Bonchev–Trinajstić information content (AvgIpc) is 3.36. The first-order chi connectivity index (χ1) is 19.7. The van der Waals surface area contributed by atoms with E-state index in [9.17, 15) is 23.6 Å². The van der Waals surface area contributed by atoms with Crippen LogP contribution in [0.1, 0.15) is 16.7 Å². The highest BCUT2D eigenvalue weighted by Gasteiger charge is 2.24. The molecule has 0 aliphatic rings. The Morgan fingerprint density at radius 1 is 0.976 bits per heavy atom. The van der Waals surface area contributed by atoms with Crippen molar-refractivity contribution in [3.05, 3.63) is 106 Å². The van der Waals surface area contributed by atoms with E-state index in [0.29, 0.717) is 16.5 Å². The van der Waals surface area contributed by atoms with E-state index in [1.54, 1.807) is 61.7 Å². The minimum atomic E-state index is -1.22. The quantitative estimate of drug-likeness (QED) is 0.232. The molecule has 0 saturated heterocycles. The molecule has 9 nitrogen and oxygen atoms in total. The SMILES string of the molecule is Cc1c(CC(=O)NC(Cc2ccccc2)C(=O)NCC(=O)O)c(=O)oc2cc3occ(-c4ccc(F)cc4)c3cc12. The molecule has 3 aromatic carbocycles. The normalized spacial score (nSPS) is 11.9. The second-order valence-electron chi connectivity index (χ2n) is 9.59. The van der Waals surface area contributed by atoms with Crippen molar-refractivity contribution in [3.8, 4) is 11.1 Å². The van der Waals surface area contributed by atoms with E-state index in [1.165, 1.54) is 12.1 Å². The van der Waals surface area contributed by atoms with Crippen LogP contribution in [0, 0.1) is 12.7 Å². The van der Waals surface area contributed by atoms with Crippen LogP contribution >= 0.6 is 0 Å². The number of aliphatic carboxylic acids is 1. The van der Waals surface area contributed by atoms with Gasteiger partial charge in [-0.1, -0.05) is 42.5 Å². The van der Waals surface area contributed by atoms with Gasteiger partial charge in [-0.2, -0.15) is 0 Å². The molecule has 0 radical (unpaired) electrons. The Balaban J connectivity index is 1.44. The summed E-state index contributed by atoms with van der Waals surface area (Å²) in [5.74, 6) is -2.86. The minimum absolute atomic E-state index is 0.116. The van der Waals surface area contributed by atoms with Gasteiger partial charge >= 0.3 is 11.6 Å². The maximum atomic E-state index is 13.4. The number of hydrogen-bond acceptors (Lipinski definition) is 6. The van der Waals surface area contributed by atoms with Crippen molar-refractivity contribution in [1.29, 1.82) is 0 Å². The highest BCUT2D eigenvalue weighted by Crippen LogP contribution is 2.34. The van der Waals surface area contributed by atoms with Crippen molar-refractivity contribution in [2.45, 2.75) is 25.8 Å². The molecular weight excluding hydrogens is 531 g/mol. The molecule has 3 N–H and O–H groups in total. The summed E-state index contributed by atoms with van der Waals surface area (Å²) in [4.78, 5) is 49.7. The molecule has 5 rings (SSSR count). The third-order valence-corrected chi connectivity index (χ3v) is 6.82. The summed E-state index contributed by atoms with van der Waals surface area (Å²) in [6.45, 7) is 1.10. The fraction of sp³-hybridized carbons (Fsp3) is 0.161. The summed E-state index contributed by atoms with van der Waals surface area (Å²) in [5, 5.41) is 15.2. The zero-order valence-corrected chi connectivity index (χ0v) is 21.9. The minimum Gasteiger partial charge on any atom is -0.480 e. The Labute approximate surface area is 232 Å². The lowest BCUT2D eigenvalue weighted by atomic mass is 9.99. The third kappa shape index (κ3) is 6.01. The molecule has 0 spiro atoms. The topological polar surface area (TPSA) is 139 Å². The predicted molar refractivity (Wildman–Crippen MR) is 149 cm³/mol. The highest BCUT2D eigenvalue weighted by atomic mass is 19.1. The number of carboxylic acid groups (broad SMARTS) is 1. The molecule has 5 aromatic rings. The molecule has 41 heavy (non-hydrogen) atoms. The van der Waals surface area contributed by atoms with Crippen LogP contribution in [0.15, 0.2) is 86.6 Å². The maximum absolute atomic E-state index is 13.4. The van der Waals surface area contributed by atoms with Gasteiger partial charge in [0, 0.05) is 28.8 Å². The Bertz CT molecular complexity index is 1830. The van der Waals surface area contributed by atoms with Gasteiger partial charge in [-0.15, -0.1) is 0 Å². The summed E-state index contributed by atoms with van der Waals surface area (Å²) in [6, 6.07) is 17.2. The van der Waals surface area contributed by atoms with Crippen LogP contribution in [0.4, 0.5) is 4.39 Å². The van der Waals surface area contributed by atoms with Gasteiger partial charge in [-0.05, 0) is 41.8 Å². The van der Waals surface area contributed by atoms with Crippen LogP contribution in [0.2, 0.25) is 0 Å². The molecule has 1 unspecified atom stereocenters. The first-order valence-corrected chi connectivity index (χ1v) is 12.8. The van der Waals surface area contributed by atoms with Gasteiger partial charge in [0.05, 0.1) is 18.2 Å². The Morgan fingerprint density at radius 2 is 1.71 bits per heavy atom. The molecule has 1 atom stereocenters. The molecule has 0 bridgehead atoms. The molecule has 208 valence electrons. The van der Waals surface area contributed by atoms with Crippen molar-refractivity contribution in [2.75, 3.05) is 6.54 Å². The monoisotopic (exact) mass is 556 g/mol. The third-order valence-electron chi connectivity index (χ3n) is 6.82. The van der Waals surface area contributed by atoms with E-state index in [1.807, 2.05) is 6.07 Å². The second-order valence-corrected chi connectivity index (χ2v) is 9.59. The van der Waals surface area contributed by atoms with Crippen molar-refractivity contribution in [1.82, 2.24) is 10.6 Å². The second kappa shape index (κ2) is 11.5. The number of carboxylic acids is 1. The number of hydrogen-bond donors (Lipinski definition) is 3. The van der Waals surface area contributed by atoms with Crippen molar-refractivity contribution in [3.63, 3.8) is 0 Å². The number of aryl methyl sites for hydroxylation is 1. The molecule has 0 aliphatic heterocycles. The fourth-order valence-corrected chi connectivity index (χ4v) is 4.72. The average molecular weight is 557 g/mol. The molecule has 0 saturated carbocycles. The summed E-state index contributed by atoms with van der Waals surface area (Å²) in [7, 11) is 0. The van der Waals surface area contributed by atoms with Gasteiger partial charge < -0.3 is 24.6 Å². The largest absolute Gasteiger partial charge is 0.480 e. The Hall–Kier alpha value is -5.25. The number of amides is 2. The molecular formula is C31H25FN2O7. The van der Waals surface area contributed by atoms with Crippen molar-refractivity contribution < 1.29 is 32.7 Å². The van der Waals surface area contributed by atoms with Crippen LogP contribution in [0.3, 0.4) is 0 Å². The lowest BCUT2D eigenvalue weighted by molar-refractivity contribution is -0.138. The Kier molecular flexibility index (Phi) is 7.64. The van der Waals surface area contributed by atoms with Gasteiger partial charge in [0.2, 0.25) is 11.8 Å². The molecule has 2 heterocycles. The van der Waals surface area contributed by atoms with Crippen molar-refractivity contribution >= 4 is 39.7 Å². The number of fused-ring (bicyclic) bond motifs is 2. The summed E-state index contributed by atoms with van der Waals surface area (Å²) >= 11 is 0. The van der Waals surface area contributed by atoms with E-state index < -0.39 is 36.0 Å². The summed E-state index contributed by atoms with van der Waals surface area (Å²) < 4.78 is 24.7. The van der Waals surface area contributed by atoms with Gasteiger partial charge in [0.25, 0.3) is 0 Å². The van der Waals surface area contributed by atoms with Crippen LogP contribution in [0.25, 0.3) is 33.1 Å².